The molecule has 0 aliphatic heterocycles. The molecule has 0 N–H and O–H groups in total. The van der Waals surface area contributed by atoms with Gasteiger partial charge in [-0.2, -0.15) is 0 Å². The zero-order chi connectivity index (χ0) is 13.2. The van der Waals surface area contributed by atoms with Crippen LogP contribution in [0.3, 0.4) is 0 Å². The molecule has 2 unspecified atom stereocenters. The molecule has 0 heterocycles. The lowest BCUT2D eigenvalue weighted by Crippen LogP contribution is -2.30. The lowest BCUT2D eigenvalue weighted by Gasteiger charge is -2.37. The summed E-state index contributed by atoms with van der Waals surface area (Å²) in [6, 6.07) is 0. The second-order valence-corrected chi connectivity index (χ2v) is 7.59. The molecule has 1 aliphatic rings. The minimum Gasteiger partial charge on any atom is -0.0628 e. The Morgan fingerprint density at radius 2 is 1.29 bits per heavy atom. The van der Waals surface area contributed by atoms with E-state index in [1.54, 1.807) is 0 Å². The minimum absolute atomic E-state index is 0.706. The van der Waals surface area contributed by atoms with Gasteiger partial charge in [-0.3, -0.25) is 0 Å². The normalized spacial score (nSPS) is 22.2. The number of rotatable bonds is 7. The Labute approximate surface area is 110 Å². The summed E-state index contributed by atoms with van der Waals surface area (Å²) in [5, 5.41) is 0. The van der Waals surface area contributed by atoms with Gasteiger partial charge in [-0.15, -0.1) is 0 Å². The minimum atomic E-state index is 0.706. The van der Waals surface area contributed by atoms with Gasteiger partial charge in [-0.1, -0.05) is 54.9 Å². The Hall–Kier alpha value is 0. The number of hydrogen-bond acceptors (Lipinski definition) is 0. The van der Waals surface area contributed by atoms with E-state index in [-0.39, 0.29) is 0 Å². The second-order valence-electron chi connectivity index (χ2n) is 7.59. The highest BCUT2D eigenvalue weighted by Crippen LogP contribution is 2.62. The fraction of sp³-hybridized carbons (Fsp3) is 1.00. The molecular formula is C17H34. The summed E-state index contributed by atoms with van der Waals surface area (Å²) < 4.78 is 0. The van der Waals surface area contributed by atoms with Crippen LogP contribution in [0, 0.1) is 35.0 Å². The zero-order valence-corrected chi connectivity index (χ0v) is 13.2. The molecule has 0 spiro atoms. The van der Waals surface area contributed by atoms with Crippen LogP contribution in [-0.2, 0) is 0 Å². The summed E-state index contributed by atoms with van der Waals surface area (Å²) >= 11 is 0. The molecule has 1 rings (SSSR count). The van der Waals surface area contributed by atoms with E-state index in [0.717, 1.165) is 29.6 Å². The van der Waals surface area contributed by atoms with Gasteiger partial charge in [-0.25, -0.2) is 0 Å². The summed E-state index contributed by atoms with van der Waals surface area (Å²) in [5.41, 5.74) is 0.706. The van der Waals surface area contributed by atoms with Crippen molar-refractivity contribution in [2.45, 2.75) is 74.1 Å². The van der Waals surface area contributed by atoms with Gasteiger partial charge in [0.15, 0.2) is 0 Å². The highest BCUT2D eigenvalue weighted by molar-refractivity contribution is 5.03. The monoisotopic (exact) mass is 238 g/mol. The van der Waals surface area contributed by atoms with E-state index < -0.39 is 0 Å². The highest BCUT2D eigenvalue weighted by atomic mass is 14.6. The molecule has 2 atom stereocenters. The molecule has 17 heavy (non-hydrogen) atoms. The van der Waals surface area contributed by atoms with Gasteiger partial charge in [-0.05, 0) is 54.3 Å². The summed E-state index contributed by atoms with van der Waals surface area (Å²) in [4.78, 5) is 0. The summed E-state index contributed by atoms with van der Waals surface area (Å²) in [6.07, 6.45) is 5.85. The summed E-state index contributed by atoms with van der Waals surface area (Å²) in [5.74, 6) is 4.43. The van der Waals surface area contributed by atoms with Gasteiger partial charge >= 0.3 is 0 Å². The van der Waals surface area contributed by atoms with Crippen LogP contribution in [0.4, 0.5) is 0 Å². The molecular weight excluding hydrogens is 204 g/mol. The van der Waals surface area contributed by atoms with Crippen LogP contribution in [0.15, 0.2) is 0 Å². The van der Waals surface area contributed by atoms with Crippen LogP contribution >= 0.6 is 0 Å². The van der Waals surface area contributed by atoms with Crippen molar-refractivity contribution in [2.24, 2.45) is 35.0 Å². The van der Waals surface area contributed by atoms with Crippen molar-refractivity contribution in [1.29, 1.82) is 0 Å². The molecule has 1 fully saturated rings. The largest absolute Gasteiger partial charge is 0.0628 e. The first-order chi connectivity index (χ1) is 7.81. The van der Waals surface area contributed by atoms with E-state index in [9.17, 15) is 0 Å². The van der Waals surface area contributed by atoms with E-state index in [0.29, 0.717) is 5.41 Å². The first-order valence-corrected chi connectivity index (χ1v) is 7.81. The van der Waals surface area contributed by atoms with Gasteiger partial charge < -0.3 is 0 Å². The van der Waals surface area contributed by atoms with Gasteiger partial charge in [0.25, 0.3) is 0 Å². The van der Waals surface area contributed by atoms with E-state index in [2.05, 4.69) is 48.5 Å². The standard InChI is InChI=1S/C17H34/c1-12(2)8-9-16(14(5)6)17(10-11-17)15(7)13(3)4/h12-16H,8-11H2,1-7H3. The maximum absolute atomic E-state index is 2.50. The molecule has 1 saturated carbocycles. The van der Waals surface area contributed by atoms with Crippen LogP contribution in [0.25, 0.3) is 0 Å². The van der Waals surface area contributed by atoms with Crippen LogP contribution in [-0.4, -0.2) is 0 Å². The molecule has 0 nitrogen and oxygen atoms in total. The van der Waals surface area contributed by atoms with E-state index in [1.165, 1.54) is 25.7 Å². The highest BCUT2D eigenvalue weighted by Gasteiger charge is 2.53. The first-order valence-electron chi connectivity index (χ1n) is 7.81. The Kier molecular flexibility index (Phi) is 5.10. The maximum atomic E-state index is 2.50. The summed E-state index contributed by atoms with van der Waals surface area (Å²) in [6.45, 7) is 16.9. The zero-order valence-electron chi connectivity index (χ0n) is 13.2. The third kappa shape index (κ3) is 3.48. The van der Waals surface area contributed by atoms with Crippen LogP contribution < -0.4 is 0 Å². The lowest BCUT2D eigenvalue weighted by atomic mass is 9.68. The maximum Gasteiger partial charge on any atom is -0.0238 e. The molecule has 0 amide bonds. The Bertz CT molecular complexity index is 220. The van der Waals surface area contributed by atoms with E-state index in [4.69, 9.17) is 0 Å². The van der Waals surface area contributed by atoms with Crippen molar-refractivity contribution in [3.63, 3.8) is 0 Å². The van der Waals surface area contributed by atoms with Crippen LogP contribution in [0.5, 0.6) is 0 Å². The first kappa shape index (κ1) is 15.1. The Morgan fingerprint density at radius 1 is 0.765 bits per heavy atom. The molecule has 102 valence electrons. The SMILES string of the molecule is CC(C)CCC(C(C)C)C1(C(C)C(C)C)CC1. The van der Waals surface area contributed by atoms with E-state index >= 15 is 0 Å². The lowest BCUT2D eigenvalue weighted by molar-refractivity contribution is 0.114. The molecule has 0 heteroatoms. The van der Waals surface area contributed by atoms with Crippen molar-refractivity contribution in [2.75, 3.05) is 0 Å². The molecule has 1 aliphatic carbocycles. The molecule has 0 bridgehead atoms. The number of hydrogen-bond donors (Lipinski definition) is 0. The van der Waals surface area contributed by atoms with Crippen LogP contribution in [0.1, 0.15) is 74.1 Å². The van der Waals surface area contributed by atoms with Crippen molar-refractivity contribution in [3.8, 4) is 0 Å². The van der Waals surface area contributed by atoms with Crippen molar-refractivity contribution < 1.29 is 0 Å². The Morgan fingerprint density at radius 3 is 1.59 bits per heavy atom. The van der Waals surface area contributed by atoms with Crippen LogP contribution in [0.2, 0.25) is 0 Å². The van der Waals surface area contributed by atoms with Crippen molar-refractivity contribution >= 4 is 0 Å². The van der Waals surface area contributed by atoms with Crippen molar-refractivity contribution in [1.82, 2.24) is 0 Å². The molecule has 0 aromatic rings. The predicted octanol–water partition coefficient (Wildman–Crippen LogP) is 5.77. The topological polar surface area (TPSA) is 0 Å². The van der Waals surface area contributed by atoms with Gasteiger partial charge in [0.05, 0.1) is 0 Å². The van der Waals surface area contributed by atoms with Crippen molar-refractivity contribution in [3.05, 3.63) is 0 Å². The quantitative estimate of drug-likeness (QED) is 0.528. The third-order valence-corrected chi connectivity index (χ3v) is 5.33. The molecule has 0 radical (unpaired) electrons. The van der Waals surface area contributed by atoms with E-state index in [1.807, 2.05) is 0 Å². The predicted molar refractivity (Wildman–Crippen MR) is 78.1 cm³/mol. The Balaban J connectivity index is 2.70. The molecule has 0 aromatic heterocycles. The van der Waals surface area contributed by atoms with Gasteiger partial charge in [0, 0.05) is 0 Å². The fourth-order valence-electron chi connectivity index (χ4n) is 3.77. The molecule has 0 aromatic carbocycles. The molecule has 0 saturated heterocycles. The second kappa shape index (κ2) is 5.76. The van der Waals surface area contributed by atoms with Gasteiger partial charge in [0.2, 0.25) is 0 Å². The summed E-state index contributed by atoms with van der Waals surface area (Å²) in [7, 11) is 0. The third-order valence-electron chi connectivity index (χ3n) is 5.33. The smallest absolute Gasteiger partial charge is 0.0238 e. The fourth-order valence-corrected chi connectivity index (χ4v) is 3.77. The average Bonchev–Trinajstić information content (AvgIpc) is 2.97. The average molecular weight is 238 g/mol. The van der Waals surface area contributed by atoms with Gasteiger partial charge in [0.1, 0.15) is 0 Å².